The van der Waals surface area contributed by atoms with E-state index in [4.69, 9.17) is 23.3 Å². The van der Waals surface area contributed by atoms with E-state index in [-0.39, 0.29) is 23.5 Å². The first-order valence-corrected chi connectivity index (χ1v) is 14.5. The number of fused-ring (bicyclic) bond motifs is 2. The molecule has 3 aromatic carbocycles. The van der Waals surface area contributed by atoms with Gasteiger partial charge in [-0.25, -0.2) is 9.97 Å². The number of hydrogen-bond acceptors (Lipinski definition) is 9. The van der Waals surface area contributed by atoms with Crippen molar-refractivity contribution in [3.63, 3.8) is 0 Å². The van der Waals surface area contributed by atoms with Gasteiger partial charge in [0.25, 0.3) is 0 Å². The third kappa shape index (κ3) is 5.22. The minimum Gasteiger partial charge on any atom is -0.460 e. The number of ether oxygens (including phenoxy) is 2. The Kier molecular flexibility index (Phi) is 7.35. The lowest BCUT2D eigenvalue weighted by Crippen LogP contribution is -2.32. The van der Waals surface area contributed by atoms with Crippen molar-refractivity contribution in [3.8, 4) is 39.8 Å². The zero-order valence-electron chi connectivity index (χ0n) is 24.2. The molecule has 2 aliphatic rings. The topological polar surface area (TPSA) is 112 Å². The Morgan fingerprint density at radius 2 is 1.68 bits per heavy atom. The summed E-state index contributed by atoms with van der Waals surface area (Å²) in [6.07, 6.45) is 1.55. The lowest BCUT2D eigenvalue weighted by molar-refractivity contribution is -0.147. The van der Waals surface area contributed by atoms with E-state index >= 15 is 0 Å². The van der Waals surface area contributed by atoms with E-state index in [0.717, 1.165) is 57.8 Å². The molecule has 226 valence electrons. The van der Waals surface area contributed by atoms with Gasteiger partial charge >= 0.3 is 12.6 Å². The van der Waals surface area contributed by atoms with Crippen LogP contribution in [0.4, 0.5) is 8.78 Å². The standard InChI is InChI=1S/C33H30F2N4O5/c1-17-20(21-7-4-9-23(18(21)2)31-39-26-14-36-15-29(26)43-31)6-3-8-22(17)30-38-25-12-19(16-41-32(40)24-10-5-11-37-24)27(44-33(34)35)13-28(25)42-30/h3-4,6-9,12-13,24,33,36-37H,5,10-11,14-16H2,1-2H3/t24-/m0/s1. The van der Waals surface area contributed by atoms with Crippen molar-refractivity contribution in [2.45, 2.75) is 59.0 Å². The van der Waals surface area contributed by atoms with Crippen LogP contribution in [0.5, 0.6) is 5.75 Å². The van der Waals surface area contributed by atoms with Crippen LogP contribution in [0, 0.1) is 13.8 Å². The molecule has 0 unspecified atom stereocenters. The predicted molar refractivity (Wildman–Crippen MR) is 158 cm³/mol. The lowest BCUT2D eigenvalue weighted by atomic mass is 9.91. The molecule has 1 fully saturated rings. The molecule has 0 aliphatic carbocycles. The molecule has 44 heavy (non-hydrogen) atoms. The van der Waals surface area contributed by atoms with Crippen LogP contribution in [0.1, 0.15) is 41.0 Å². The summed E-state index contributed by atoms with van der Waals surface area (Å²) in [7, 11) is 0. The van der Waals surface area contributed by atoms with Crippen LogP contribution in [0.2, 0.25) is 0 Å². The van der Waals surface area contributed by atoms with Gasteiger partial charge in [0.05, 0.1) is 12.2 Å². The summed E-state index contributed by atoms with van der Waals surface area (Å²) in [5, 5.41) is 6.31. The molecule has 2 aliphatic heterocycles. The quantitative estimate of drug-likeness (QED) is 0.195. The average molecular weight is 601 g/mol. The number of halogens is 2. The van der Waals surface area contributed by atoms with Gasteiger partial charge in [0.1, 0.15) is 29.7 Å². The number of hydrogen-bond donors (Lipinski definition) is 2. The van der Waals surface area contributed by atoms with E-state index < -0.39 is 18.6 Å². The van der Waals surface area contributed by atoms with E-state index in [9.17, 15) is 13.6 Å². The van der Waals surface area contributed by atoms with Crippen LogP contribution in [-0.2, 0) is 29.2 Å². The highest BCUT2D eigenvalue weighted by Crippen LogP contribution is 2.38. The molecule has 2 N–H and O–H groups in total. The van der Waals surface area contributed by atoms with E-state index in [1.165, 1.54) is 6.07 Å². The number of rotatable bonds is 8. The molecule has 7 rings (SSSR count). The molecule has 0 saturated carbocycles. The van der Waals surface area contributed by atoms with Gasteiger partial charge in [-0.05, 0) is 73.7 Å². The molecule has 5 aromatic rings. The number of benzene rings is 3. The number of carbonyl (C=O) groups is 1. The summed E-state index contributed by atoms with van der Waals surface area (Å²) in [6.45, 7) is 2.85. The Bertz CT molecular complexity index is 1850. The zero-order chi connectivity index (χ0) is 30.4. The number of aromatic nitrogens is 2. The second kappa shape index (κ2) is 11.5. The van der Waals surface area contributed by atoms with Gasteiger partial charge < -0.3 is 28.9 Å². The molecule has 1 saturated heterocycles. The van der Waals surface area contributed by atoms with E-state index in [0.29, 0.717) is 36.8 Å². The van der Waals surface area contributed by atoms with Crippen molar-refractivity contribution in [1.82, 2.24) is 20.6 Å². The second-order valence-corrected chi connectivity index (χ2v) is 11.0. The molecule has 2 aromatic heterocycles. The number of nitrogens with zero attached hydrogens (tertiary/aromatic N) is 2. The number of nitrogens with one attached hydrogen (secondary N) is 2. The fourth-order valence-electron chi connectivity index (χ4n) is 5.95. The molecule has 0 amide bonds. The van der Waals surface area contributed by atoms with Crippen LogP contribution in [0.3, 0.4) is 0 Å². The fraction of sp³-hybridized carbons (Fsp3) is 0.303. The largest absolute Gasteiger partial charge is 0.460 e. The molecule has 0 spiro atoms. The minimum atomic E-state index is -3.06. The molecule has 4 heterocycles. The van der Waals surface area contributed by atoms with Crippen LogP contribution in [0.15, 0.2) is 57.4 Å². The average Bonchev–Trinajstić information content (AvgIpc) is 3.81. The number of esters is 1. The van der Waals surface area contributed by atoms with Crippen molar-refractivity contribution >= 4 is 17.1 Å². The highest BCUT2D eigenvalue weighted by Gasteiger charge is 2.25. The first-order chi connectivity index (χ1) is 21.4. The van der Waals surface area contributed by atoms with Gasteiger partial charge in [0, 0.05) is 29.3 Å². The van der Waals surface area contributed by atoms with Crippen molar-refractivity contribution in [2.75, 3.05) is 6.54 Å². The Balaban J connectivity index is 1.22. The highest BCUT2D eigenvalue weighted by molar-refractivity contribution is 5.84. The molecule has 0 bridgehead atoms. The molecular weight excluding hydrogens is 570 g/mol. The molecule has 0 radical (unpaired) electrons. The molecular formula is C33H30F2N4O5. The third-order valence-corrected chi connectivity index (χ3v) is 8.28. The number of oxazole rings is 2. The van der Waals surface area contributed by atoms with Crippen molar-refractivity contribution in [3.05, 3.63) is 76.7 Å². The SMILES string of the molecule is Cc1c(-c2nc3c(o2)CNC3)cccc1-c1cccc(-c2nc3cc(COC(=O)[C@@H]4CCCN4)c(OC(F)F)cc3o2)c1C. The summed E-state index contributed by atoms with van der Waals surface area (Å²) >= 11 is 0. The number of carbonyl (C=O) groups excluding carboxylic acids is 1. The van der Waals surface area contributed by atoms with Crippen LogP contribution >= 0.6 is 0 Å². The normalized spacial score (nSPS) is 16.2. The van der Waals surface area contributed by atoms with Crippen LogP contribution in [-0.4, -0.2) is 35.1 Å². The van der Waals surface area contributed by atoms with Gasteiger partial charge in [-0.15, -0.1) is 0 Å². The van der Waals surface area contributed by atoms with E-state index in [2.05, 4.69) is 21.7 Å². The highest BCUT2D eigenvalue weighted by atomic mass is 19.3. The summed E-state index contributed by atoms with van der Waals surface area (Å²) in [5.41, 5.74) is 7.55. The summed E-state index contributed by atoms with van der Waals surface area (Å²) < 4.78 is 48.9. The van der Waals surface area contributed by atoms with E-state index in [1.807, 2.05) is 44.2 Å². The maximum Gasteiger partial charge on any atom is 0.387 e. The maximum atomic E-state index is 13.3. The fourth-order valence-corrected chi connectivity index (χ4v) is 5.95. The summed E-state index contributed by atoms with van der Waals surface area (Å²) in [4.78, 5) is 21.8. The van der Waals surface area contributed by atoms with Gasteiger partial charge in [0.2, 0.25) is 11.8 Å². The summed E-state index contributed by atoms with van der Waals surface area (Å²) in [5.74, 6) is 1.24. The Morgan fingerprint density at radius 1 is 0.977 bits per heavy atom. The number of alkyl halides is 2. The van der Waals surface area contributed by atoms with Crippen molar-refractivity contribution in [1.29, 1.82) is 0 Å². The molecule has 11 heteroatoms. The predicted octanol–water partition coefficient (Wildman–Crippen LogP) is 6.43. The Hall–Kier alpha value is -4.61. The van der Waals surface area contributed by atoms with Crippen molar-refractivity contribution < 1.29 is 31.9 Å². The maximum absolute atomic E-state index is 13.3. The first-order valence-electron chi connectivity index (χ1n) is 14.5. The third-order valence-electron chi connectivity index (χ3n) is 8.28. The van der Waals surface area contributed by atoms with Gasteiger partial charge in [-0.1, -0.05) is 24.3 Å². The lowest BCUT2D eigenvalue weighted by Gasteiger charge is -2.14. The molecule has 1 atom stereocenters. The Labute approximate surface area is 251 Å². The summed E-state index contributed by atoms with van der Waals surface area (Å²) in [6, 6.07) is 14.4. The van der Waals surface area contributed by atoms with Gasteiger partial charge in [0.15, 0.2) is 5.58 Å². The minimum absolute atomic E-state index is 0.131. The second-order valence-electron chi connectivity index (χ2n) is 11.0. The monoisotopic (exact) mass is 600 g/mol. The van der Waals surface area contributed by atoms with E-state index in [1.54, 1.807) is 6.07 Å². The first kappa shape index (κ1) is 28.2. The smallest absolute Gasteiger partial charge is 0.387 e. The van der Waals surface area contributed by atoms with Gasteiger partial charge in [-0.3, -0.25) is 4.79 Å². The van der Waals surface area contributed by atoms with Gasteiger partial charge in [-0.2, -0.15) is 8.78 Å². The molecule has 9 nitrogen and oxygen atoms in total. The Morgan fingerprint density at radius 3 is 2.34 bits per heavy atom. The zero-order valence-corrected chi connectivity index (χ0v) is 24.2. The van der Waals surface area contributed by atoms with Crippen molar-refractivity contribution in [2.24, 2.45) is 0 Å². The van der Waals surface area contributed by atoms with Crippen LogP contribution < -0.4 is 15.4 Å². The van der Waals surface area contributed by atoms with Crippen LogP contribution in [0.25, 0.3) is 45.1 Å².